The zero-order valence-electron chi connectivity index (χ0n) is 12.0. The lowest BCUT2D eigenvalue weighted by molar-refractivity contribution is -0.123. The molecule has 0 atom stereocenters. The first kappa shape index (κ1) is 15.1. The predicted molar refractivity (Wildman–Crippen MR) is 80.9 cm³/mol. The summed E-state index contributed by atoms with van der Waals surface area (Å²) in [5.74, 6) is 0.401. The van der Waals surface area contributed by atoms with Crippen LogP contribution in [0.2, 0.25) is 0 Å². The van der Waals surface area contributed by atoms with E-state index in [0.717, 1.165) is 11.1 Å². The quantitative estimate of drug-likeness (QED) is 0.855. The molecule has 110 valence electrons. The van der Waals surface area contributed by atoms with E-state index in [-0.39, 0.29) is 19.1 Å². The van der Waals surface area contributed by atoms with Crippen LogP contribution in [0.3, 0.4) is 0 Å². The fourth-order valence-electron chi connectivity index (χ4n) is 1.96. The molecule has 2 N–H and O–H groups in total. The van der Waals surface area contributed by atoms with Crippen molar-refractivity contribution >= 4 is 5.91 Å². The van der Waals surface area contributed by atoms with Crippen molar-refractivity contribution in [1.29, 1.82) is 0 Å². The smallest absolute Gasteiger partial charge is 0.258 e. The van der Waals surface area contributed by atoms with Crippen molar-refractivity contribution in [1.82, 2.24) is 5.32 Å². The van der Waals surface area contributed by atoms with Crippen LogP contribution in [-0.2, 0) is 17.9 Å². The molecule has 0 saturated heterocycles. The molecule has 1 amide bonds. The van der Waals surface area contributed by atoms with Crippen LogP contribution in [0.4, 0.5) is 0 Å². The monoisotopic (exact) mass is 285 g/mol. The van der Waals surface area contributed by atoms with Gasteiger partial charge in [0.15, 0.2) is 6.61 Å². The van der Waals surface area contributed by atoms with Crippen molar-refractivity contribution in [2.24, 2.45) is 0 Å². The summed E-state index contributed by atoms with van der Waals surface area (Å²) in [6, 6.07) is 15.0. The summed E-state index contributed by atoms with van der Waals surface area (Å²) >= 11 is 0. The summed E-state index contributed by atoms with van der Waals surface area (Å²) in [7, 11) is 0. The first-order chi connectivity index (χ1) is 10.2. The maximum atomic E-state index is 11.7. The highest BCUT2D eigenvalue weighted by Crippen LogP contribution is 2.13. The third-order valence-electron chi connectivity index (χ3n) is 3.02. The Bertz CT molecular complexity index is 610. The molecule has 0 aliphatic carbocycles. The summed E-state index contributed by atoms with van der Waals surface area (Å²) in [6.45, 7) is 2.42. The van der Waals surface area contributed by atoms with E-state index in [4.69, 9.17) is 9.84 Å². The van der Waals surface area contributed by atoms with Gasteiger partial charge in [0.25, 0.3) is 5.91 Å². The van der Waals surface area contributed by atoms with Crippen LogP contribution >= 0.6 is 0 Å². The number of carbonyl (C=O) groups excluding carboxylic acids is 1. The van der Waals surface area contributed by atoms with Crippen molar-refractivity contribution in [3.8, 4) is 5.75 Å². The van der Waals surface area contributed by atoms with Crippen LogP contribution in [0, 0.1) is 6.92 Å². The van der Waals surface area contributed by atoms with Crippen molar-refractivity contribution < 1.29 is 14.6 Å². The molecule has 0 saturated carbocycles. The van der Waals surface area contributed by atoms with E-state index in [9.17, 15) is 4.79 Å². The predicted octanol–water partition coefficient (Wildman–Crippen LogP) is 2.18. The van der Waals surface area contributed by atoms with E-state index in [1.54, 1.807) is 24.3 Å². The Morgan fingerprint density at radius 1 is 1.14 bits per heavy atom. The fraction of sp³-hybridized carbons (Fsp3) is 0.235. The average Bonchev–Trinajstić information content (AvgIpc) is 2.51. The SMILES string of the molecule is Cc1cccc(CNC(=O)COc2cccc(CO)c2)c1. The number of aliphatic hydroxyl groups is 1. The maximum Gasteiger partial charge on any atom is 0.258 e. The summed E-state index contributed by atoms with van der Waals surface area (Å²) in [4.78, 5) is 11.7. The molecule has 2 aromatic rings. The van der Waals surface area contributed by atoms with Crippen LogP contribution in [0.25, 0.3) is 0 Å². The van der Waals surface area contributed by atoms with Gasteiger partial charge in [0, 0.05) is 6.54 Å². The zero-order valence-corrected chi connectivity index (χ0v) is 12.0. The second-order valence-electron chi connectivity index (χ2n) is 4.86. The van der Waals surface area contributed by atoms with Crippen LogP contribution in [0.1, 0.15) is 16.7 Å². The average molecular weight is 285 g/mol. The highest BCUT2D eigenvalue weighted by molar-refractivity contribution is 5.77. The Kier molecular flexibility index (Phi) is 5.35. The molecule has 21 heavy (non-hydrogen) atoms. The van der Waals surface area contributed by atoms with Gasteiger partial charge < -0.3 is 15.2 Å². The Morgan fingerprint density at radius 3 is 2.67 bits per heavy atom. The molecule has 4 heteroatoms. The van der Waals surface area contributed by atoms with E-state index in [1.807, 2.05) is 31.2 Å². The number of nitrogens with one attached hydrogen (secondary N) is 1. The molecular weight excluding hydrogens is 266 g/mol. The maximum absolute atomic E-state index is 11.7. The molecule has 0 aromatic heterocycles. The molecule has 0 bridgehead atoms. The Morgan fingerprint density at radius 2 is 1.90 bits per heavy atom. The number of carbonyl (C=O) groups is 1. The molecule has 0 spiro atoms. The molecule has 0 heterocycles. The topological polar surface area (TPSA) is 58.6 Å². The van der Waals surface area contributed by atoms with Gasteiger partial charge in [-0.25, -0.2) is 0 Å². The highest BCUT2D eigenvalue weighted by atomic mass is 16.5. The summed E-state index contributed by atoms with van der Waals surface area (Å²) in [5, 5.41) is 11.8. The van der Waals surface area contributed by atoms with E-state index in [2.05, 4.69) is 5.32 Å². The summed E-state index contributed by atoms with van der Waals surface area (Å²) in [6.07, 6.45) is 0. The van der Waals surface area contributed by atoms with Gasteiger partial charge >= 0.3 is 0 Å². The van der Waals surface area contributed by atoms with Gasteiger partial charge in [-0.05, 0) is 30.2 Å². The number of ether oxygens (including phenoxy) is 1. The molecule has 0 radical (unpaired) electrons. The van der Waals surface area contributed by atoms with E-state index in [1.165, 1.54) is 5.56 Å². The van der Waals surface area contributed by atoms with Gasteiger partial charge in [0.1, 0.15) is 5.75 Å². The first-order valence-corrected chi connectivity index (χ1v) is 6.82. The lowest BCUT2D eigenvalue weighted by Gasteiger charge is -2.08. The van der Waals surface area contributed by atoms with Crippen molar-refractivity contribution in [3.63, 3.8) is 0 Å². The van der Waals surface area contributed by atoms with Crippen LogP contribution < -0.4 is 10.1 Å². The number of amides is 1. The summed E-state index contributed by atoms with van der Waals surface area (Å²) in [5.41, 5.74) is 2.98. The molecule has 0 aliphatic rings. The van der Waals surface area contributed by atoms with Gasteiger partial charge in [0.05, 0.1) is 6.61 Å². The highest BCUT2D eigenvalue weighted by Gasteiger charge is 2.03. The number of aryl methyl sites for hydroxylation is 1. The lowest BCUT2D eigenvalue weighted by Crippen LogP contribution is -2.28. The Labute approximate surface area is 124 Å². The third-order valence-corrected chi connectivity index (χ3v) is 3.02. The van der Waals surface area contributed by atoms with Crippen LogP contribution in [0.15, 0.2) is 48.5 Å². The fourth-order valence-corrected chi connectivity index (χ4v) is 1.96. The second-order valence-corrected chi connectivity index (χ2v) is 4.86. The minimum atomic E-state index is -0.175. The van der Waals surface area contributed by atoms with Crippen molar-refractivity contribution in [2.75, 3.05) is 6.61 Å². The zero-order chi connectivity index (χ0) is 15.1. The molecular formula is C17H19NO3. The summed E-state index contributed by atoms with van der Waals surface area (Å²) < 4.78 is 5.40. The minimum absolute atomic E-state index is 0.0410. The number of hydrogen-bond donors (Lipinski definition) is 2. The molecule has 2 aromatic carbocycles. The second kappa shape index (κ2) is 7.45. The molecule has 0 aliphatic heterocycles. The van der Waals surface area contributed by atoms with Crippen molar-refractivity contribution in [3.05, 3.63) is 65.2 Å². The lowest BCUT2D eigenvalue weighted by atomic mass is 10.1. The molecule has 4 nitrogen and oxygen atoms in total. The van der Waals surface area contributed by atoms with Gasteiger partial charge in [0.2, 0.25) is 0 Å². The first-order valence-electron chi connectivity index (χ1n) is 6.82. The van der Waals surface area contributed by atoms with Crippen LogP contribution in [-0.4, -0.2) is 17.6 Å². The molecule has 0 unspecified atom stereocenters. The largest absolute Gasteiger partial charge is 0.484 e. The number of rotatable bonds is 6. The molecule has 2 rings (SSSR count). The normalized spacial score (nSPS) is 10.2. The van der Waals surface area contributed by atoms with Gasteiger partial charge in [-0.2, -0.15) is 0 Å². The van der Waals surface area contributed by atoms with E-state index in [0.29, 0.717) is 12.3 Å². The van der Waals surface area contributed by atoms with E-state index >= 15 is 0 Å². The minimum Gasteiger partial charge on any atom is -0.484 e. The van der Waals surface area contributed by atoms with Gasteiger partial charge in [-0.15, -0.1) is 0 Å². The Balaban J connectivity index is 1.79. The number of benzene rings is 2. The molecule has 0 fully saturated rings. The third kappa shape index (κ3) is 4.93. The van der Waals surface area contributed by atoms with Crippen molar-refractivity contribution in [2.45, 2.75) is 20.1 Å². The van der Waals surface area contributed by atoms with Crippen LogP contribution in [0.5, 0.6) is 5.75 Å². The van der Waals surface area contributed by atoms with Gasteiger partial charge in [-0.1, -0.05) is 42.0 Å². The standard InChI is InChI=1S/C17H19NO3/c1-13-4-2-5-14(8-13)10-18-17(20)12-21-16-7-3-6-15(9-16)11-19/h2-9,19H,10-12H2,1H3,(H,18,20). The number of aliphatic hydroxyl groups excluding tert-OH is 1. The number of hydrogen-bond acceptors (Lipinski definition) is 3. The van der Waals surface area contributed by atoms with E-state index < -0.39 is 0 Å². The Hall–Kier alpha value is -2.33. The van der Waals surface area contributed by atoms with Gasteiger partial charge in [-0.3, -0.25) is 4.79 Å².